The van der Waals surface area contributed by atoms with Crippen molar-refractivity contribution in [1.82, 2.24) is 20.6 Å². The minimum absolute atomic E-state index is 0.129. The van der Waals surface area contributed by atoms with Crippen LogP contribution < -0.4 is 20.3 Å². The van der Waals surface area contributed by atoms with E-state index >= 15 is 0 Å². The second-order valence-corrected chi connectivity index (χ2v) is 10.5. The van der Waals surface area contributed by atoms with E-state index in [9.17, 15) is 31.1 Å². The molecule has 1 aromatic heterocycles. The summed E-state index contributed by atoms with van der Waals surface area (Å²) in [4.78, 5) is 14.6. The Bertz CT molecular complexity index is 1790. The lowest BCUT2D eigenvalue weighted by Gasteiger charge is -2.28. The van der Waals surface area contributed by atoms with E-state index in [4.69, 9.17) is 0 Å². The number of H-pyrrole nitrogens is 1. The van der Waals surface area contributed by atoms with Crippen LogP contribution in [0.1, 0.15) is 17.5 Å². The number of nitrogens with zero attached hydrogens (tertiary/aromatic N) is 4. The van der Waals surface area contributed by atoms with Crippen molar-refractivity contribution in [3.63, 3.8) is 0 Å². The number of urea groups is 1. The quantitative estimate of drug-likeness (QED) is 0.131. The number of ether oxygens (including phenoxy) is 1. The van der Waals surface area contributed by atoms with Gasteiger partial charge in [-0.1, -0.05) is 60.2 Å². The van der Waals surface area contributed by atoms with Crippen molar-refractivity contribution < 1.29 is 35.9 Å². The van der Waals surface area contributed by atoms with Gasteiger partial charge in [-0.25, -0.2) is 9.89 Å². The molecule has 5 aromatic rings. The van der Waals surface area contributed by atoms with Gasteiger partial charge in [-0.3, -0.25) is 0 Å². The van der Waals surface area contributed by atoms with Crippen molar-refractivity contribution in [2.24, 2.45) is 0 Å². The Morgan fingerprint density at radius 1 is 0.872 bits per heavy atom. The van der Waals surface area contributed by atoms with Crippen LogP contribution in [0.2, 0.25) is 0 Å². The standard InChI is InChI=1S/C32H27F6N7O2/c1-20-6-11-23(12-7-20)39-30(46)40-27-18-22(25-4-2-3-5-26(25)29-41-43-44-42-29)10-15-28(27)45(17-16-31(33,34)35)19-21-8-13-24(14-9-21)47-32(36,37)38/h2-15,18H,16-17,19H2,1H3,(H2,39,40,46)(H,41,42,43,44). The number of aromatic amines is 1. The summed E-state index contributed by atoms with van der Waals surface area (Å²) < 4.78 is 82.3. The average molecular weight is 656 g/mol. The molecule has 9 nitrogen and oxygen atoms in total. The van der Waals surface area contributed by atoms with Crippen LogP contribution in [0.5, 0.6) is 5.75 Å². The molecule has 4 aromatic carbocycles. The van der Waals surface area contributed by atoms with Crippen LogP contribution in [0.25, 0.3) is 22.5 Å². The predicted molar refractivity (Wildman–Crippen MR) is 164 cm³/mol. The number of rotatable bonds is 10. The number of halogens is 6. The first-order chi connectivity index (χ1) is 22.3. The van der Waals surface area contributed by atoms with Crippen LogP contribution in [0.15, 0.2) is 91.0 Å². The predicted octanol–water partition coefficient (Wildman–Crippen LogP) is 8.34. The van der Waals surface area contributed by atoms with Crippen LogP contribution in [-0.4, -0.2) is 45.7 Å². The monoisotopic (exact) mass is 655 g/mol. The van der Waals surface area contributed by atoms with Gasteiger partial charge < -0.3 is 20.3 Å². The number of carbonyl (C=O) groups excluding carboxylic acids is 1. The number of aromatic nitrogens is 4. The Morgan fingerprint density at radius 2 is 1.57 bits per heavy atom. The third-order valence-corrected chi connectivity index (χ3v) is 6.93. The van der Waals surface area contributed by atoms with Crippen molar-refractivity contribution in [3.8, 4) is 28.3 Å². The molecule has 0 aliphatic rings. The number of aryl methyl sites for hydroxylation is 1. The highest BCUT2D eigenvalue weighted by Gasteiger charge is 2.31. The molecule has 3 N–H and O–H groups in total. The van der Waals surface area contributed by atoms with Gasteiger partial charge in [0.05, 0.1) is 17.8 Å². The SMILES string of the molecule is Cc1ccc(NC(=O)Nc2cc(-c3ccccc3-c3nnn[nH]3)ccc2N(CCC(F)(F)F)Cc2ccc(OC(F)(F)F)cc2)cc1. The van der Waals surface area contributed by atoms with Gasteiger partial charge in [0.15, 0.2) is 5.82 Å². The van der Waals surface area contributed by atoms with Crippen molar-refractivity contribution in [1.29, 1.82) is 0 Å². The van der Waals surface area contributed by atoms with Gasteiger partial charge in [0.2, 0.25) is 0 Å². The molecule has 0 bridgehead atoms. The van der Waals surface area contributed by atoms with E-state index in [1.54, 1.807) is 66.7 Å². The number of alkyl halides is 6. The van der Waals surface area contributed by atoms with Crippen LogP contribution >= 0.6 is 0 Å². The van der Waals surface area contributed by atoms with Gasteiger partial charge in [0.25, 0.3) is 0 Å². The fraction of sp³-hybridized carbons (Fsp3) is 0.188. The summed E-state index contributed by atoms with van der Waals surface area (Å²) in [5, 5.41) is 19.4. The first-order valence-corrected chi connectivity index (χ1v) is 14.1. The normalized spacial score (nSPS) is 11.6. The van der Waals surface area contributed by atoms with Gasteiger partial charge in [0, 0.05) is 24.3 Å². The Labute approximate surface area is 264 Å². The molecule has 1 heterocycles. The number of hydrogen-bond acceptors (Lipinski definition) is 6. The minimum Gasteiger partial charge on any atom is -0.406 e. The topological polar surface area (TPSA) is 108 Å². The fourth-order valence-corrected chi connectivity index (χ4v) is 4.78. The summed E-state index contributed by atoms with van der Waals surface area (Å²) in [6, 6.07) is 23.2. The van der Waals surface area contributed by atoms with Crippen molar-refractivity contribution in [2.75, 3.05) is 22.1 Å². The van der Waals surface area contributed by atoms with E-state index in [2.05, 4.69) is 36.0 Å². The second kappa shape index (κ2) is 13.8. The molecule has 0 atom stereocenters. The molecule has 0 radical (unpaired) electrons. The Balaban J connectivity index is 1.53. The van der Waals surface area contributed by atoms with Gasteiger partial charge in [0.1, 0.15) is 5.75 Å². The molecule has 15 heteroatoms. The third kappa shape index (κ3) is 9.22. The maximum atomic E-state index is 13.5. The zero-order chi connectivity index (χ0) is 33.6. The number of hydrogen-bond donors (Lipinski definition) is 3. The average Bonchev–Trinajstić information content (AvgIpc) is 3.55. The summed E-state index contributed by atoms with van der Waals surface area (Å²) in [7, 11) is 0. The van der Waals surface area contributed by atoms with Crippen molar-refractivity contribution in [2.45, 2.75) is 32.4 Å². The molecule has 47 heavy (non-hydrogen) atoms. The fourth-order valence-electron chi connectivity index (χ4n) is 4.78. The Morgan fingerprint density at radius 3 is 2.21 bits per heavy atom. The Kier molecular flexibility index (Phi) is 9.63. The summed E-state index contributed by atoms with van der Waals surface area (Å²) in [5.74, 6) is -0.0933. The molecule has 0 fully saturated rings. The van der Waals surface area contributed by atoms with Crippen LogP contribution in [-0.2, 0) is 6.54 Å². The largest absolute Gasteiger partial charge is 0.573 e. The van der Waals surface area contributed by atoms with E-state index < -0.39 is 37.3 Å². The number of benzene rings is 4. The lowest BCUT2D eigenvalue weighted by Crippen LogP contribution is -2.29. The van der Waals surface area contributed by atoms with E-state index in [1.165, 1.54) is 17.0 Å². The third-order valence-electron chi connectivity index (χ3n) is 6.93. The van der Waals surface area contributed by atoms with E-state index in [0.717, 1.165) is 17.7 Å². The molecule has 2 amide bonds. The highest BCUT2D eigenvalue weighted by molar-refractivity contribution is 6.02. The van der Waals surface area contributed by atoms with Crippen molar-refractivity contribution >= 4 is 23.1 Å². The van der Waals surface area contributed by atoms with Crippen LogP contribution in [0.3, 0.4) is 0 Å². The number of nitrogens with one attached hydrogen (secondary N) is 3. The molecule has 0 aliphatic carbocycles. The molecule has 0 spiro atoms. The van der Waals surface area contributed by atoms with E-state index in [0.29, 0.717) is 33.8 Å². The smallest absolute Gasteiger partial charge is 0.406 e. The number of amides is 2. The zero-order valence-corrected chi connectivity index (χ0v) is 24.7. The molecule has 0 unspecified atom stereocenters. The van der Waals surface area contributed by atoms with Gasteiger partial charge in [-0.2, -0.15) is 13.2 Å². The maximum absolute atomic E-state index is 13.5. The molecule has 0 saturated heterocycles. The summed E-state index contributed by atoms with van der Waals surface area (Å²) in [6.07, 6.45) is -10.6. The van der Waals surface area contributed by atoms with Crippen LogP contribution in [0, 0.1) is 6.92 Å². The van der Waals surface area contributed by atoms with E-state index in [1.807, 2.05) is 6.92 Å². The molecule has 0 saturated carbocycles. The number of carbonyl (C=O) groups is 1. The van der Waals surface area contributed by atoms with Gasteiger partial charge in [-0.05, 0) is 70.4 Å². The number of tetrazole rings is 1. The first kappa shape index (κ1) is 32.8. The lowest BCUT2D eigenvalue weighted by molar-refractivity contribution is -0.274. The summed E-state index contributed by atoms with van der Waals surface area (Å²) >= 11 is 0. The Hall–Kier alpha value is -5.60. The van der Waals surface area contributed by atoms with Gasteiger partial charge in [-0.15, -0.1) is 18.3 Å². The highest BCUT2D eigenvalue weighted by atomic mass is 19.4. The maximum Gasteiger partial charge on any atom is 0.573 e. The van der Waals surface area contributed by atoms with Crippen molar-refractivity contribution in [3.05, 3.63) is 102 Å². The first-order valence-electron chi connectivity index (χ1n) is 14.1. The zero-order valence-electron chi connectivity index (χ0n) is 24.7. The molecular formula is C32H27F6N7O2. The van der Waals surface area contributed by atoms with Crippen LogP contribution in [0.4, 0.5) is 48.2 Å². The van der Waals surface area contributed by atoms with Gasteiger partial charge >= 0.3 is 18.6 Å². The second-order valence-electron chi connectivity index (χ2n) is 10.5. The summed E-state index contributed by atoms with van der Waals surface area (Å²) in [6.45, 7) is 1.25. The molecule has 244 valence electrons. The molecular weight excluding hydrogens is 628 g/mol. The minimum atomic E-state index is -4.90. The number of anilines is 3. The lowest BCUT2D eigenvalue weighted by atomic mass is 9.98. The molecule has 0 aliphatic heterocycles. The highest BCUT2D eigenvalue weighted by Crippen LogP contribution is 2.37. The molecule has 5 rings (SSSR count). The summed E-state index contributed by atoms with van der Waals surface area (Å²) in [5.41, 5.74) is 4.19. The van der Waals surface area contributed by atoms with E-state index in [-0.39, 0.29) is 17.9 Å².